The van der Waals surface area contributed by atoms with Gasteiger partial charge in [0.05, 0.1) is 30.5 Å². The van der Waals surface area contributed by atoms with Crippen molar-refractivity contribution < 1.29 is 19.1 Å². The van der Waals surface area contributed by atoms with Gasteiger partial charge in [0.2, 0.25) is 0 Å². The quantitative estimate of drug-likeness (QED) is 0.373. The molecular weight excluding hydrogens is 368 g/mol. The van der Waals surface area contributed by atoms with E-state index < -0.39 is 5.97 Å². The Kier molecular flexibility index (Phi) is 6.18. The molecule has 1 aliphatic carbocycles. The van der Waals surface area contributed by atoms with Crippen LogP contribution < -0.4 is 5.73 Å². The number of fused-ring (bicyclic) bond motifs is 3. The molecule has 0 aliphatic heterocycles. The maximum Gasteiger partial charge on any atom is 0.338 e. The zero-order chi connectivity index (χ0) is 21.0. The number of nitrogens with zero attached hydrogens (tertiary/aromatic N) is 1. The van der Waals surface area contributed by atoms with Crippen LogP contribution in [0.5, 0.6) is 0 Å². The number of unbranched alkanes of at least 4 members (excludes halogenated alkanes) is 1. The van der Waals surface area contributed by atoms with E-state index in [1.807, 2.05) is 24.3 Å². The van der Waals surface area contributed by atoms with Gasteiger partial charge in [-0.1, -0.05) is 24.3 Å². The molecule has 0 saturated heterocycles. The lowest BCUT2D eigenvalue weighted by Crippen LogP contribution is -2.15. The Bertz CT molecular complexity index is 1000. The van der Waals surface area contributed by atoms with Crippen LogP contribution in [-0.4, -0.2) is 25.7 Å². The Balaban J connectivity index is 2.09. The summed E-state index contributed by atoms with van der Waals surface area (Å²) in [6, 6.07) is 10.0. The summed E-state index contributed by atoms with van der Waals surface area (Å²) in [5.41, 5.74) is 11.8. The maximum absolute atomic E-state index is 12.9. The number of hydrogen-bond donors (Lipinski definition) is 1. The number of anilines is 1. The molecule has 150 valence electrons. The first-order valence-corrected chi connectivity index (χ1v) is 9.72. The molecule has 0 atom stereocenters. The Hall–Kier alpha value is -3.33. The van der Waals surface area contributed by atoms with Gasteiger partial charge in [-0.05, 0) is 54.9 Å². The standard InChI is InChI=1S/C23H24N2O4/c1-3-29-23(27)21-16(10-6-7-11-19(26)28-2)22(25)18(13-24)20-15-9-5-4-8-14(15)12-17(20)21/h4-5,8-9H,3,6-7,10-12,25H2,1-2H3. The topological polar surface area (TPSA) is 102 Å². The van der Waals surface area contributed by atoms with Gasteiger partial charge in [0.1, 0.15) is 6.07 Å². The van der Waals surface area contributed by atoms with Gasteiger partial charge in [0.15, 0.2) is 0 Å². The molecule has 0 saturated carbocycles. The SMILES string of the molecule is CCOC(=O)c1c(CCCCC(=O)OC)c(N)c(C#N)c2c1Cc1ccccc1-2. The molecule has 3 rings (SSSR count). The number of benzene rings is 2. The van der Waals surface area contributed by atoms with Crippen molar-refractivity contribution in [1.82, 2.24) is 0 Å². The molecule has 0 radical (unpaired) electrons. The number of carbonyl (C=O) groups is 2. The van der Waals surface area contributed by atoms with Crippen LogP contribution in [0.25, 0.3) is 11.1 Å². The molecule has 0 aromatic heterocycles. The number of nitrogens with two attached hydrogens (primary N) is 1. The summed E-state index contributed by atoms with van der Waals surface area (Å²) in [6.07, 6.45) is 2.58. The Morgan fingerprint density at radius 3 is 2.69 bits per heavy atom. The Labute approximate surface area is 170 Å². The lowest BCUT2D eigenvalue weighted by Gasteiger charge is -2.18. The van der Waals surface area contributed by atoms with Crippen LogP contribution in [0.4, 0.5) is 5.69 Å². The average molecular weight is 392 g/mol. The minimum atomic E-state index is -0.421. The fourth-order valence-corrected chi connectivity index (χ4v) is 3.96. The van der Waals surface area contributed by atoms with Crippen molar-refractivity contribution in [1.29, 1.82) is 5.26 Å². The van der Waals surface area contributed by atoms with Gasteiger partial charge in [-0.25, -0.2) is 4.79 Å². The van der Waals surface area contributed by atoms with Crippen molar-refractivity contribution in [2.45, 2.75) is 39.0 Å². The molecule has 0 bridgehead atoms. The normalized spacial score (nSPS) is 11.3. The fraction of sp³-hybridized carbons (Fsp3) is 0.348. The first-order chi connectivity index (χ1) is 14.0. The highest BCUT2D eigenvalue weighted by Gasteiger charge is 2.32. The van der Waals surface area contributed by atoms with Gasteiger partial charge >= 0.3 is 11.9 Å². The lowest BCUT2D eigenvalue weighted by atomic mass is 9.87. The molecule has 6 nitrogen and oxygen atoms in total. The second-order valence-electron chi connectivity index (χ2n) is 6.95. The van der Waals surface area contributed by atoms with E-state index in [0.29, 0.717) is 54.5 Å². The smallest absolute Gasteiger partial charge is 0.338 e. The molecule has 0 spiro atoms. The van der Waals surface area contributed by atoms with E-state index in [2.05, 4.69) is 10.8 Å². The summed E-state index contributed by atoms with van der Waals surface area (Å²) in [5, 5.41) is 9.83. The summed E-state index contributed by atoms with van der Waals surface area (Å²) < 4.78 is 10.0. The first kappa shape index (κ1) is 20.4. The van der Waals surface area contributed by atoms with Crippen LogP contribution in [0.3, 0.4) is 0 Å². The summed E-state index contributed by atoms with van der Waals surface area (Å²) in [7, 11) is 1.36. The third kappa shape index (κ3) is 3.81. The van der Waals surface area contributed by atoms with E-state index in [9.17, 15) is 14.9 Å². The van der Waals surface area contributed by atoms with Crippen molar-refractivity contribution in [3.63, 3.8) is 0 Å². The van der Waals surface area contributed by atoms with Crippen LogP contribution in [0.1, 0.15) is 58.8 Å². The minimum absolute atomic E-state index is 0.252. The second-order valence-corrected chi connectivity index (χ2v) is 6.95. The molecule has 0 unspecified atom stereocenters. The van der Waals surface area contributed by atoms with Crippen molar-refractivity contribution in [3.8, 4) is 17.2 Å². The zero-order valence-corrected chi connectivity index (χ0v) is 16.7. The number of methoxy groups -OCH3 is 1. The van der Waals surface area contributed by atoms with Crippen molar-refractivity contribution in [2.75, 3.05) is 19.5 Å². The third-order valence-electron chi connectivity index (χ3n) is 5.28. The molecule has 6 heteroatoms. The van der Waals surface area contributed by atoms with Crippen molar-refractivity contribution >= 4 is 17.6 Å². The number of carbonyl (C=O) groups excluding carboxylic acids is 2. The van der Waals surface area contributed by atoms with Gasteiger partial charge in [0, 0.05) is 12.0 Å². The second kappa shape index (κ2) is 8.78. The zero-order valence-electron chi connectivity index (χ0n) is 16.7. The molecule has 2 aromatic rings. The number of esters is 2. The third-order valence-corrected chi connectivity index (χ3v) is 5.28. The molecule has 2 N–H and O–H groups in total. The minimum Gasteiger partial charge on any atom is -0.469 e. The van der Waals surface area contributed by atoms with Crippen molar-refractivity contribution in [2.24, 2.45) is 0 Å². The maximum atomic E-state index is 12.9. The van der Waals surface area contributed by atoms with Gasteiger partial charge in [-0.15, -0.1) is 0 Å². The first-order valence-electron chi connectivity index (χ1n) is 9.72. The van der Waals surface area contributed by atoms with Gasteiger partial charge < -0.3 is 15.2 Å². The number of ether oxygens (including phenoxy) is 2. The largest absolute Gasteiger partial charge is 0.469 e. The molecular formula is C23H24N2O4. The van der Waals surface area contributed by atoms with Crippen LogP contribution >= 0.6 is 0 Å². The lowest BCUT2D eigenvalue weighted by molar-refractivity contribution is -0.140. The number of nitriles is 1. The predicted molar refractivity (Wildman–Crippen MR) is 109 cm³/mol. The van der Waals surface area contributed by atoms with Crippen LogP contribution in [0.15, 0.2) is 24.3 Å². The Morgan fingerprint density at radius 2 is 2.00 bits per heavy atom. The molecule has 29 heavy (non-hydrogen) atoms. The van der Waals surface area contributed by atoms with Gasteiger partial charge in [0.25, 0.3) is 0 Å². The van der Waals surface area contributed by atoms with E-state index in [-0.39, 0.29) is 12.6 Å². The van der Waals surface area contributed by atoms with E-state index in [4.69, 9.17) is 10.5 Å². The van der Waals surface area contributed by atoms with Crippen molar-refractivity contribution in [3.05, 3.63) is 52.1 Å². The fourth-order valence-electron chi connectivity index (χ4n) is 3.96. The molecule has 1 aliphatic rings. The summed E-state index contributed by atoms with van der Waals surface area (Å²) in [4.78, 5) is 24.2. The molecule has 0 heterocycles. The average Bonchev–Trinajstić information content (AvgIpc) is 3.10. The molecule has 0 fully saturated rings. The van der Waals surface area contributed by atoms with Gasteiger partial charge in [-0.3, -0.25) is 4.79 Å². The summed E-state index contributed by atoms with van der Waals surface area (Å²) in [5.74, 6) is -0.693. The van der Waals surface area contributed by atoms with Crippen LogP contribution in [-0.2, 0) is 27.1 Å². The van der Waals surface area contributed by atoms with E-state index in [0.717, 1.165) is 22.3 Å². The monoisotopic (exact) mass is 392 g/mol. The molecule has 0 amide bonds. The number of nitrogen functional groups attached to an aromatic ring is 1. The highest BCUT2D eigenvalue weighted by atomic mass is 16.5. The predicted octanol–water partition coefficient (Wildman–Crippen LogP) is 3.77. The van der Waals surface area contributed by atoms with E-state index >= 15 is 0 Å². The highest BCUT2D eigenvalue weighted by Crippen LogP contribution is 2.45. The number of rotatable bonds is 7. The van der Waals surface area contributed by atoms with E-state index in [1.165, 1.54) is 7.11 Å². The van der Waals surface area contributed by atoms with E-state index in [1.54, 1.807) is 6.92 Å². The van der Waals surface area contributed by atoms with Crippen LogP contribution in [0.2, 0.25) is 0 Å². The highest BCUT2D eigenvalue weighted by molar-refractivity contribution is 6.01. The summed E-state index contributed by atoms with van der Waals surface area (Å²) >= 11 is 0. The van der Waals surface area contributed by atoms with Crippen LogP contribution in [0, 0.1) is 11.3 Å². The Morgan fingerprint density at radius 1 is 1.24 bits per heavy atom. The van der Waals surface area contributed by atoms with Gasteiger partial charge in [-0.2, -0.15) is 5.26 Å². The number of hydrogen-bond acceptors (Lipinski definition) is 6. The summed E-state index contributed by atoms with van der Waals surface area (Å²) in [6.45, 7) is 2.01. The molecule has 2 aromatic carbocycles.